The number of nitrogens with one attached hydrogen (secondary N) is 1. The van der Waals surface area contributed by atoms with Crippen LogP contribution in [0.3, 0.4) is 0 Å². The van der Waals surface area contributed by atoms with E-state index in [2.05, 4.69) is 15.6 Å². The minimum absolute atomic E-state index is 0.156. The van der Waals surface area contributed by atoms with Gasteiger partial charge in [-0.3, -0.25) is 4.68 Å². The zero-order valence-electron chi connectivity index (χ0n) is 9.51. The van der Waals surface area contributed by atoms with Crippen LogP contribution in [0.5, 0.6) is 0 Å². The molecule has 0 saturated carbocycles. The molecule has 2 aromatic rings. The summed E-state index contributed by atoms with van der Waals surface area (Å²) in [5, 5.41) is 10.8. The highest BCUT2D eigenvalue weighted by atomic mass is 19.1. The molecule has 0 unspecified atom stereocenters. The number of halogens is 1. The van der Waals surface area contributed by atoms with Gasteiger partial charge in [0.05, 0.1) is 6.20 Å². The number of hydrogen-bond acceptors (Lipinski definition) is 3. The lowest BCUT2D eigenvalue weighted by molar-refractivity contribution is 0.523. The first-order valence-corrected chi connectivity index (χ1v) is 5.64. The predicted molar refractivity (Wildman–Crippen MR) is 62.7 cm³/mol. The second kappa shape index (κ2) is 6.10. The van der Waals surface area contributed by atoms with E-state index >= 15 is 0 Å². The second-order valence-electron chi connectivity index (χ2n) is 3.79. The first kappa shape index (κ1) is 11.7. The van der Waals surface area contributed by atoms with Crippen molar-refractivity contribution in [2.75, 3.05) is 6.54 Å². The molecule has 1 aromatic heterocycles. The maximum Gasteiger partial charge on any atom is 0.127 e. The maximum atomic E-state index is 13.3. The molecule has 1 aromatic carbocycles. The van der Waals surface area contributed by atoms with E-state index in [4.69, 9.17) is 0 Å². The molecule has 5 heteroatoms. The SMILES string of the molecule is Fc1ccccc1CNCCCn1ccnn1. The summed E-state index contributed by atoms with van der Waals surface area (Å²) in [5.41, 5.74) is 0.702. The lowest BCUT2D eigenvalue weighted by Crippen LogP contribution is -2.17. The second-order valence-corrected chi connectivity index (χ2v) is 3.79. The molecule has 0 saturated heterocycles. The summed E-state index contributed by atoms with van der Waals surface area (Å²) >= 11 is 0. The summed E-state index contributed by atoms with van der Waals surface area (Å²) in [5.74, 6) is -0.156. The Kier molecular flexibility index (Phi) is 4.21. The summed E-state index contributed by atoms with van der Waals surface area (Å²) in [6, 6.07) is 6.81. The number of hydrogen-bond donors (Lipinski definition) is 1. The van der Waals surface area contributed by atoms with Gasteiger partial charge in [0.1, 0.15) is 5.82 Å². The van der Waals surface area contributed by atoms with Crippen LogP contribution in [-0.4, -0.2) is 21.5 Å². The third kappa shape index (κ3) is 3.64. The van der Waals surface area contributed by atoms with E-state index in [0.717, 1.165) is 19.5 Å². The van der Waals surface area contributed by atoms with Crippen molar-refractivity contribution in [2.24, 2.45) is 0 Å². The normalized spacial score (nSPS) is 10.6. The molecule has 0 bridgehead atoms. The average molecular weight is 234 g/mol. The summed E-state index contributed by atoms with van der Waals surface area (Å²) < 4.78 is 15.0. The highest BCUT2D eigenvalue weighted by Gasteiger charge is 1.99. The molecular weight excluding hydrogens is 219 g/mol. The summed E-state index contributed by atoms with van der Waals surface area (Å²) in [6.45, 7) is 2.21. The summed E-state index contributed by atoms with van der Waals surface area (Å²) in [7, 11) is 0. The highest BCUT2D eigenvalue weighted by molar-refractivity contribution is 5.16. The van der Waals surface area contributed by atoms with Gasteiger partial charge < -0.3 is 5.32 Å². The fourth-order valence-corrected chi connectivity index (χ4v) is 1.58. The van der Waals surface area contributed by atoms with Gasteiger partial charge in [0, 0.05) is 24.8 Å². The maximum absolute atomic E-state index is 13.3. The lowest BCUT2D eigenvalue weighted by atomic mass is 10.2. The Bertz CT molecular complexity index is 442. The monoisotopic (exact) mass is 234 g/mol. The van der Waals surface area contributed by atoms with Gasteiger partial charge >= 0.3 is 0 Å². The van der Waals surface area contributed by atoms with E-state index in [0.29, 0.717) is 12.1 Å². The largest absolute Gasteiger partial charge is 0.312 e. The molecule has 4 nitrogen and oxygen atoms in total. The van der Waals surface area contributed by atoms with Gasteiger partial charge in [-0.05, 0) is 19.0 Å². The highest BCUT2D eigenvalue weighted by Crippen LogP contribution is 2.05. The van der Waals surface area contributed by atoms with Crippen molar-refractivity contribution in [1.29, 1.82) is 0 Å². The van der Waals surface area contributed by atoms with E-state index in [-0.39, 0.29) is 5.82 Å². The molecule has 0 spiro atoms. The molecular formula is C12H15FN4. The van der Waals surface area contributed by atoms with Crippen LogP contribution in [0.2, 0.25) is 0 Å². The number of aromatic nitrogens is 3. The van der Waals surface area contributed by atoms with E-state index in [1.807, 2.05) is 12.3 Å². The van der Waals surface area contributed by atoms with Gasteiger partial charge in [-0.2, -0.15) is 0 Å². The molecule has 0 atom stereocenters. The number of aryl methyl sites for hydroxylation is 1. The molecule has 0 aliphatic rings. The Labute approximate surface area is 99.5 Å². The molecule has 0 aliphatic carbocycles. The molecule has 2 rings (SSSR count). The molecule has 0 radical (unpaired) electrons. The first-order chi connectivity index (χ1) is 8.36. The molecule has 17 heavy (non-hydrogen) atoms. The third-order valence-corrected chi connectivity index (χ3v) is 2.49. The van der Waals surface area contributed by atoms with E-state index in [1.54, 1.807) is 23.0 Å². The van der Waals surface area contributed by atoms with Crippen molar-refractivity contribution in [2.45, 2.75) is 19.5 Å². The average Bonchev–Trinajstić information content (AvgIpc) is 2.84. The minimum atomic E-state index is -0.156. The van der Waals surface area contributed by atoms with Crippen LogP contribution in [0.25, 0.3) is 0 Å². The Morgan fingerprint density at radius 2 is 2.18 bits per heavy atom. The van der Waals surface area contributed by atoms with E-state index in [1.165, 1.54) is 6.07 Å². The third-order valence-electron chi connectivity index (χ3n) is 2.49. The van der Waals surface area contributed by atoms with Gasteiger partial charge in [0.2, 0.25) is 0 Å². The minimum Gasteiger partial charge on any atom is -0.312 e. The van der Waals surface area contributed by atoms with Crippen LogP contribution in [0, 0.1) is 5.82 Å². The van der Waals surface area contributed by atoms with Gasteiger partial charge in [-0.25, -0.2) is 4.39 Å². The number of nitrogens with zero attached hydrogens (tertiary/aromatic N) is 3. The van der Waals surface area contributed by atoms with Crippen molar-refractivity contribution in [3.63, 3.8) is 0 Å². The van der Waals surface area contributed by atoms with Crippen LogP contribution >= 0.6 is 0 Å². The van der Waals surface area contributed by atoms with Gasteiger partial charge in [0.25, 0.3) is 0 Å². The Hall–Kier alpha value is -1.75. The molecule has 90 valence electrons. The molecule has 1 N–H and O–H groups in total. The topological polar surface area (TPSA) is 42.7 Å². The Morgan fingerprint density at radius 1 is 1.29 bits per heavy atom. The zero-order chi connectivity index (χ0) is 11.9. The van der Waals surface area contributed by atoms with Crippen molar-refractivity contribution >= 4 is 0 Å². The quantitative estimate of drug-likeness (QED) is 0.772. The predicted octanol–water partition coefficient (Wildman–Crippen LogP) is 1.60. The van der Waals surface area contributed by atoms with Crippen LogP contribution in [0.4, 0.5) is 4.39 Å². The fraction of sp³-hybridized carbons (Fsp3) is 0.333. The van der Waals surface area contributed by atoms with Crippen molar-refractivity contribution in [1.82, 2.24) is 20.3 Å². The van der Waals surface area contributed by atoms with Crippen molar-refractivity contribution in [3.05, 3.63) is 48.0 Å². The van der Waals surface area contributed by atoms with Gasteiger partial charge in [-0.15, -0.1) is 5.10 Å². The van der Waals surface area contributed by atoms with Crippen LogP contribution in [0.15, 0.2) is 36.7 Å². The van der Waals surface area contributed by atoms with Crippen molar-refractivity contribution in [3.8, 4) is 0 Å². The molecule has 0 amide bonds. The standard InChI is InChI=1S/C12H15FN4/c13-12-5-2-1-4-11(12)10-14-6-3-8-17-9-7-15-16-17/h1-2,4-5,7,9,14H,3,6,8,10H2. The van der Waals surface area contributed by atoms with Gasteiger partial charge in [0.15, 0.2) is 0 Å². The summed E-state index contributed by atoms with van der Waals surface area (Å²) in [4.78, 5) is 0. The smallest absolute Gasteiger partial charge is 0.127 e. The Balaban J connectivity index is 1.65. The van der Waals surface area contributed by atoms with E-state index in [9.17, 15) is 4.39 Å². The fourth-order valence-electron chi connectivity index (χ4n) is 1.58. The lowest BCUT2D eigenvalue weighted by Gasteiger charge is -2.05. The molecule has 1 heterocycles. The number of benzene rings is 1. The summed E-state index contributed by atoms with van der Waals surface area (Å²) in [6.07, 6.45) is 4.43. The van der Waals surface area contributed by atoms with Crippen molar-refractivity contribution < 1.29 is 4.39 Å². The van der Waals surface area contributed by atoms with Crippen LogP contribution in [0.1, 0.15) is 12.0 Å². The van der Waals surface area contributed by atoms with Crippen LogP contribution < -0.4 is 5.32 Å². The van der Waals surface area contributed by atoms with Gasteiger partial charge in [-0.1, -0.05) is 23.4 Å². The van der Waals surface area contributed by atoms with E-state index < -0.39 is 0 Å². The first-order valence-electron chi connectivity index (χ1n) is 5.64. The molecule has 0 fully saturated rings. The van der Waals surface area contributed by atoms with Crippen LogP contribution in [-0.2, 0) is 13.1 Å². The molecule has 0 aliphatic heterocycles. The zero-order valence-corrected chi connectivity index (χ0v) is 9.51. The number of rotatable bonds is 6. The Morgan fingerprint density at radius 3 is 2.94 bits per heavy atom.